The van der Waals surface area contributed by atoms with Crippen molar-refractivity contribution in [3.8, 4) is 0 Å². The quantitative estimate of drug-likeness (QED) is 0.466. The first-order valence-electron chi connectivity index (χ1n) is 7.47. The van der Waals surface area contributed by atoms with Gasteiger partial charge in [-0.3, -0.25) is 0 Å². The molecule has 18 heavy (non-hydrogen) atoms. The van der Waals surface area contributed by atoms with Crippen LogP contribution in [0.2, 0.25) is 0 Å². The number of aliphatic hydroxyl groups excluding tert-OH is 1. The number of aliphatic hydroxyl groups is 1. The molecule has 2 unspecified atom stereocenters. The van der Waals surface area contributed by atoms with Crippen LogP contribution in [0.4, 0.5) is 0 Å². The van der Waals surface area contributed by atoms with Gasteiger partial charge in [0.05, 0.1) is 12.7 Å². The number of rotatable bonds is 10. The van der Waals surface area contributed by atoms with E-state index in [1.165, 1.54) is 25.7 Å². The summed E-state index contributed by atoms with van der Waals surface area (Å²) in [5.41, 5.74) is 0. The fourth-order valence-corrected chi connectivity index (χ4v) is 2.19. The smallest absolute Gasteiger partial charge is 0.0897 e. The van der Waals surface area contributed by atoms with Gasteiger partial charge in [-0.2, -0.15) is 0 Å². The summed E-state index contributed by atoms with van der Waals surface area (Å²) in [5, 5.41) is 13.2. The van der Waals surface area contributed by atoms with Crippen molar-refractivity contribution in [1.29, 1.82) is 0 Å². The van der Waals surface area contributed by atoms with E-state index in [4.69, 9.17) is 4.74 Å². The van der Waals surface area contributed by atoms with E-state index in [-0.39, 0.29) is 6.10 Å². The van der Waals surface area contributed by atoms with Crippen LogP contribution in [0.15, 0.2) is 12.2 Å². The fourth-order valence-electron chi connectivity index (χ4n) is 2.19. The molecule has 0 aromatic carbocycles. The minimum Gasteiger partial charge on any atom is -0.389 e. The van der Waals surface area contributed by atoms with Gasteiger partial charge in [-0.25, -0.2) is 0 Å². The minimum absolute atomic E-state index is 0.373. The lowest BCUT2D eigenvalue weighted by Gasteiger charge is -2.21. The monoisotopic (exact) mass is 255 g/mol. The summed E-state index contributed by atoms with van der Waals surface area (Å²) in [5.74, 6) is 0. The second-order valence-corrected chi connectivity index (χ2v) is 5.18. The summed E-state index contributed by atoms with van der Waals surface area (Å²) >= 11 is 0. The molecule has 0 saturated heterocycles. The van der Waals surface area contributed by atoms with E-state index in [1.807, 2.05) is 0 Å². The second-order valence-electron chi connectivity index (χ2n) is 5.18. The largest absolute Gasteiger partial charge is 0.389 e. The highest BCUT2D eigenvalue weighted by Crippen LogP contribution is 2.10. The molecule has 2 atom stereocenters. The van der Waals surface area contributed by atoms with Crippen LogP contribution in [0.3, 0.4) is 0 Å². The van der Waals surface area contributed by atoms with Crippen LogP contribution in [0, 0.1) is 0 Å². The first kappa shape index (κ1) is 15.7. The number of unbranched alkanes of at least 4 members (excludes halogenated alkanes) is 3. The van der Waals surface area contributed by atoms with E-state index in [0.717, 1.165) is 25.9 Å². The van der Waals surface area contributed by atoms with Crippen LogP contribution in [0.25, 0.3) is 0 Å². The molecule has 1 rings (SSSR count). The molecule has 1 aliphatic carbocycles. The molecule has 106 valence electrons. The van der Waals surface area contributed by atoms with Crippen LogP contribution in [0.1, 0.15) is 51.9 Å². The maximum absolute atomic E-state index is 9.78. The zero-order chi connectivity index (χ0) is 13.1. The predicted molar refractivity (Wildman–Crippen MR) is 75.7 cm³/mol. The zero-order valence-corrected chi connectivity index (χ0v) is 11.7. The Morgan fingerprint density at radius 3 is 2.94 bits per heavy atom. The second kappa shape index (κ2) is 10.5. The highest BCUT2D eigenvalue weighted by atomic mass is 16.5. The van der Waals surface area contributed by atoms with Gasteiger partial charge in [0.2, 0.25) is 0 Å². The first-order chi connectivity index (χ1) is 8.83. The van der Waals surface area contributed by atoms with Crippen molar-refractivity contribution in [1.82, 2.24) is 5.32 Å². The van der Waals surface area contributed by atoms with Gasteiger partial charge in [0.25, 0.3) is 0 Å². The Kier molecular flexibility index (Phi) is 9.17. The van der Waals surface area contributed by atoms with Crippen LogP contribution < -0.4 is 5.32 Å². The van der Waals surface area contributed by atoms with E-state index < -0.39 is 0 Å². The van der Waals surface area contributed by atoms with E-state index in [0.29, 0.717) is 19.2 Å². The number of hydrogen-bond acceptors (Lipinski definition) is 3. The van der Waals surface area contributed by atoms with Crippen molar-refractivity contribution >= 4 is 0 Å². The summed E-state index contributed by atoms with van der Waals surface area (Å²) in [7, 11) is 0. The molecule has 0 aliphatic heterocycles. The molecule has 1 aliphatic rings. The van der Waals surface area contributed by atoms with Crippen molar-refractivity contribution in [3.05, 3.63) is 12.2 Å². The Hall–Kier alpha value is -0.380. The molecule has 0 radical (unpaired) electrons. The van der Waals surface area contributed by atoms with Crippen molar-refractivity contribution in [3.63, 3.8) is 0 Å². The third kappa shape index (κ3) is 7.85. The Bertz CT molecular complexity index is 219. The normalized spacial score (nSPS) is 21.1. The van der Waals surface area contributed by atoms with Crippen molar-refractivity contribution in [2.24, 2.45) is 0 Å². The molecule has 0 saturated carbocycles. The lowest BCUT2D eigenvalue weighted by molar-refractivity contribution is 0.0340. The Labute approximate surface area is 112 Å². The maximum Gasteiger partial charge on any atom is 0.0897 e. The van der Waals surface area contributed by atoms with Gasteiger partial charge in [-0.05, 0) is 25.7 Å². The Morgan fingerprint density at radius 2 is 2.22 bits per heavy atom. The van der Waals surface area contributed by atoms with Gasteiger partial charge in [0.1, 0.15) is 0 Å². The van der Waals surface area contributed by atoms with Crippen molar-refractivity contribution in [2.45, 2.75) is 64.0 Å². The summed E-state index contributed by atoms with van der Waals surface area (Å²) in [6.45, 7) is 4.09. The molecular weight excluding hydrogens is 226 g/mol. The number of nitrogens with one attached hydrogen (secondary N) is 1. The summed E-state index contributed by atoms with van der Waals surface area (Å²) < 4.78 is 5.48. The topological polar surface area (TPSA) is 41.5 Å². The molecule has 0 bridgehead atoms. The van der Waals surface area contributed by atoms with Gasteiger partial charge >= 0.3 is 0 Å². The van der Waals surface area contributed by atoms with Crippen molar-refractivity contribution in [2.75, 3.05) is 19.8 Å². The summed E-state index contributed by atoms with van der Waals surface area (Å²) in [4.78, 5) is 0. The summed E-state index contributed by atoms with van der Waals surface area (Å²) in [6, 6.07) is 0.536. The Morgan fingerprint density at radius 1 is 1.33 bits per heavy atom. The van der Waals surface area contributed by atoms with Crippen LogP contribution >= 0.6 is 0 Å². The SMILES string of the molecule is CCCCCCOCC(O)CNC1CC=CCC1. The minimum atomic E-state index is -0.373. The predicted octanol–water partition coefficient (Wildman–Crippen LogP) is 2.64. The number of allylic oxidation sites excluding steroid dienone is 1. The standard InChI is InChI=1S/C15H29NO2/c1-2-3-4-8-11-18-13-15(17)12-16-14-9-6-5-7-10-14/h5-6,14-17H,2-4,7-13H2,1H3. The van der Waals surface area contributed by atoms with Crippen LogP contribution in [-0.4, -0.2) is 37.0 Å². The molecular formula is C15H29NO2. The number of hydrogen-bond donors (Lipinski definition) is 2. The van der Waals surface area contributed by atoms with Crippen molar-refractivity contribution < 1.29 is 9.84 Å². The fraction of sp³-hybridized carbons (Fsp3) is 0.867. The van der Waals surface area contributed by atoms with Gasteiger partial charge in [-0.15, -0.1) is 0 Å². The zero-order valence-electron chi connectivity index (χ0n) is 11.7. The van der Waals surface area contributed by atoms with Gasteiger partial charge in [0, 0.05) is 19.2 Å². The molecule has 0 amide bonds. The number of ether oxygens (including phenoxy) is 1. The third-order valence-electron chi connectivity index (χ3n) is 3.36. The lowest BCUT2D eigenvalue weighted by Crippen LogP contribution is -2.37. The average molecular weight is 255 g/mol. The molecule has 0 aromatic heterocycles. The molecule has 0 fully saturated rings. The summed E-state index contributed by atoms with van der Waals surface area (Å²) in [6.07, 6.45) is 12.4. The lowest BCUT2D eigenvalue weighted by atomic mass is 10.0. The molecule has 0 aromatic rings. The van der Waals surface area contributed by atoms with E-state index in [2.05, 4.69) is 24.4 Å². The highest BCUT2D eigenvalue weighted by Gasteiger charge is 2.11. The molecule has 3 heteroatoms. The maximum atomic E-state index is 9.78. The van der Waals surface area contributed by atoms with Gasteiger partial charge < -0.3 is 15.2 Å². The molecule has 3 nitrogen and oxygen atoms in total. The highest BCUT2D eigenvalue weighted by molar-refractivity contribution is 4.93. The first-order valence-corrected chi connectivity index (χ1v) is 7.47. The van der Waals surface area contributed by atoms with E-state index in [9.17, 15) is 5.11 Å². The van der Waals surface area contributed by atoms with Crippen LogP contribution in [0.5, 0.6) is 0 Å². The average Bonchev–Trinajstić information content (AvgIpc) is 2.41. The van der Waals surface area contributed by atoms with E-state index in [1.54, 1.807) is 0 Å². The van der Waals surface area contributed by atoms with Crippen LogP contribution in [-0.2, 0) is 4.74 Å². The molecule has 0 heterocycles. The third-order valence-corrected chi connectivity index (χ3v) is 3.36. The van der Waals surface area contributed by atoms with Gasteiger partial charge in [0.15, 0.2) is 0 Å². The van der Waals surface area contributed by atoms with Gasteiger partial charge in [-0.1, -0.05) is 38.3 Å². The van der Waals surface area contributed by atoms with E-state index >= 15 is 0 Å². The molecule has 2 N–H and O–H groups in total. The molecule has 0 spiro atoms. The Balaban J connectivity index is 1.90.